The molecule has 0 aliphatic heterocycles. The van der Waals surface area contributed by atoms with Gasteiger partial charge in [0.1, 0.15) is 0 Å². The van der Waals surface area contributed by atoms with Gasteiger partial charge in [-0.25, -0.2) is 0 Å². The van der Waals surface area contributed by atoms with Crippen molar-refractivity contribution < 1.29 is 4.52 Å². The second-order valence-electron chi connectivity index (χ2n) is 7.16. The normalized spacial score (nSPS) is 28.9. The van der Waals surface area contributed by atoms with Crippen molar-refractivity contribution in [2.75, 3.05) is 6.54 Å². The minimum atomic E-state index is -0.0232. The molecule has 4 nitrogen and oxygen atoms in total. The van der Waals surface area contributed by atoms with E-state index in [1.807, 2.05) is 0 Å². The van der Waals surface area contributed by atoms with Crippen LogP contribution in [0.25, 0.3) is 0 Å². The Morgan fingerprint density at radius 3 is 2.52 bits per heavy atom. The highest BCUT2D eigenvalue weighted by Crippen LogP contribution is 2.41. The third-order valence-electron chi connectivity index (χ3n) is 5.76. The molecule has 0 aromatic carbocycles. The summed E-state index contributed by atoms with van der Waals surface area (Å²) in [6.07, 6.45) is 12.4. The molecule has 0 amide bonds. The van der Waals surface area contributed by atoms with Gasteiger partial charge in [-0.15, -0.1) is 0 Å². The molecule has 2 N–H and O–H groups in total. The number of hydrogen-bond donors (Lipinski definition) is 1. The molecule has 0 saturated heterocycles. The average molecular weight is 291 g/mol. The van der Waals surface area contributed by atoms with Crippen LogP contribution >= 0.6 is 0 Å². The summed E-state index contributed by atoms with van der Waals surface area (Å²) >= 11 is 0. The Morgan fingerprint density at radius 2 is 1.90 bits per heavy atom. The molecular weight excluding hydrogens is 262 g/mol. The van der Waals surface area contributed by atoms with Crippen LogP contribution in [-0.4, -0.2) is 16.7 Å². The summed E-state index contributed by atoms with van der Waals surface area (Å²) in [5.41, 5.74) is 5.99. The maximum absolute atomic E-state index is 6.01. The van der Waals surface area contributed by atoms with Crippen molar-refractivity contribution >= 4 is 0 Å². The van der Waals surface area contributed by atoms with Gasteiger partial charge in [-0.3, -0.25) is 0 Å². The van der Waals surface area contributed by atoms with E-state index >= 15 is 0 Å². The van der Waals surface area contributed by atoms with Gasteiger partial charge in [0.05, 0.1) is 5.41 Å². The number of rotatable bonds is 5. The predicted molar refractivity (Wildman–Crippen MR) is 83.1 cm³/mol. The zero-order chi connectivity index (χ0) is 14.7. The molecule has 0 bridgehead atoms. The number of nitrogens with zero attached hydrogens (tertiary/aromatic N) is 2. The smallest absolute Gasteiger partial charge is 0.234 e. The largest absolute Gasteiger partial charge is 0.339 e. The van der Waals surface area contributed by atoms with Crippen molar-refractivity contribution in [2.45, 2.75) is 82.5 Å². The molecule has 1 aromatic rings. The zero-order valence-corrected chi connectivity index (χ0v) is 13.3. The lowest BCUT2D eigenvalue weighted by atomic mass is 9.80. The predicted octanol–water partition coefficient (Wildman–Crippen LogP) is 3.91. The topological polar surface area (TPSA) is 64.9 Å². The fraction of sp³-hybridized carbons (Fsp3) is 0.882. The second kappa shape index (κ2) is 6.47. The SMILES string of the molecule is CCCC1CCC(c2noc(C3(CN)CCCC3)n2)CC1. The molecule has 1 heterocycles. The first-order valence-electron chi connectivity index (χ1n) is 8.81. The maximum Gasteiger partial charge on any atom is 0.234 e. The summed E-state index contributed by atoms with van der Waals surface area (Å²) < 4.78 is 5.63. The van der Waals surface area contributed by atoms with Crippen LogP contribution in [0, 0.1) is 5.92 Å². The molecule has 0 radical (unpaired) electrons. The summed E-state index contributed by atoms with van der Waals surface area (Å²) in [4.78, 5) is 4.77. The van der Waals surface area contributed by atoms with E-state index in [0.29, 0.717) is 12.5 Å². The molecule has 2 aliphatic rings. The van der Waals surface area contributed by atoms with Crippen molar-refractivity contribution in [1.29, 1.82) is 0 Å². The van der Waals surface area contributed by atoms with Crippen LogP contribution in [0.1, 0.15) is 88.8 Å². The van der Waals surface area contributed by atoms with Crippen LogP contribution in [0.3, 0.4) is 0 Å². The molecule has 1 aromatic heterocycles. The quantitative estimate of drug-likeness (QED) is 0.893. The summed E-state index contributed by atoms with van der Waals surface area (Å²) in [7, 11) is 0. The van der Waals surface area contributed by atoms with Gasteiger partial charge in [0.25, 0.3) is 0 Å². The number of nitrogens with two attached hydrogens (primary N) is 1. The van der Waals surface area contributed by atoms with Gasteiger partial charge in [0, 0.05) is 12.5 Å². The number of aromatic nitrogens is 2. The Bertz CT molecular complexity index is 443. The van der Waals surface area contributed by atoms with Gasteiger partial charge in [-0.1, -0.05) is 37.8 Å². The Morgan fingerprint density at radius 1 is 1.19 bits per heavy atom. The van der Waals surface area contributed by atoms with Crippen molar-refractivity contribution in [3.05, 3.63) is 11.7 Å². The molecule has 0 unspecified atom stereocenters. The van der Waals surface area contributed by atoms with E-state index in [1.54, 1.807) is 0 Å². The highest BCUT2D eigenvalue weighted by atomic mass is 16.5. The van der Waals surface area contributed by atoms with Gasteiger partial charge in [0.15, 0.2) is 5.82 Å². The fourth-order valence-corrected chi connectivity index (χ4v) is 4.29. The van der Waals surface area contributed by atoms with Gasteiger partial charge >= 0.3 is 0 Å². The standard InChI is InChI=1S/C17H29N3O/c1-2-5-13-6-8-14(9-7-13)15-19-16(21-20-15)17(12-18)10-3-4-11-17/h13-14H,2-12,18H2,1H3. The van der Waals surface area contributed by atoms with Crippen LogP contribution in [-0.2, 0) is 5.41 Å². The molecule has 2 fully saturated rings. The van der Waals surface area contributed by atoms with Crippen LogP contribution in [0.2, 0.25) is 0 Å². The van der Waals surface area contributed by atoms with Gasteiger partial charge in [-0.05, 0) is 44.4 Å². The molecule has 2 aliphatic carbocycles. The van der Waals surface area contributed by atoms with E-state index in [4.69, 9.17) is 15.2 Å². The van der Waals surface area contributed by atoms with Crippen LogP contribution in [0.4, 0.5) is 0 Å². The first-order chi connectivity index (χ1) is 10.3. The van der Waals surface area contributed by atoms with Gasteiger partial charge in [0.2, 0.25) is 5.89 Å². The Balaban J connectivity index is 1.65. The first kappa shape index (κ1) is 15.0. The molecule has 0 spiro atoms. The minimum absolute atomic E-state index is 0.0232. The van der Waals surface area contributed by atoms with Crippen molar-refractivity contribution in [2.24, 2.45) is 11.7 Å². The van der Waals surface area contributed by atoms with E-state index in [2.05, 4.69) is 12.1 Å². The van der Waals surface area contributed by atoms with Crippen molar-refractivity contribution in [3.8, 4) is 0 Å². The maximum atomic E-state index is 6.01. The highest BCUT2D eigenvalue weighted by molar-refractivity contribution is 5.10. The first-order valence-corrected chi connectivity index (χ1v) is 8.81. The Kier molecular flexibility index (Phi) is 4.63. The summed E-state index contributed by atoms with van der Waals surface area (Å²) in [5.74, 6) is 3.18. The lowest BCUT2D eigenvalue weighted by molar-refractivity contribution is 0.275. The third-order valence-corrected chi connectivity index (χ3v) is 5.76. The molecule has 4 heteroatoms. The van der Waals surface area contributed by atoms with Gasteiger partial charge < -0.3 is 10.3 Å². The summed E-state index contributed by atoms with van der Waals surface area (Å²) in [6, 6.07) is 0. The summed E-state index contributed by atoms with van der Waals surface area (Å²) in [6.45, 7) is 2.92. The molecule has 0 atom stereocenters. The van der Waals surface area contributed by atoms with E-state index in [9.17, 15) is 0 Å². The van der Waals surface area contributed by atoms with Crippen molar-refractivity contribution in [3.63, 3.8) is 0 Å². The summed E-state index contributed by atoms with van der Waals surface area (Å²) in [5, 5.41) is 4.31. The van der Waals surface area contributed by atoms with Crippen LogP contribution < -0.4 is 5.73 Å². The van der Waals surface area contributed by atoms with E-state index in [-0.39, 0.29) is 5.41 Å². The average Bonchev–Trinajstić information content (AvgIpc) is 3.18. The van der Waals surface area contributed by atoms with Crippen molar-refractivity contribution in [1.82, 2.24) is 10.1 Å². The Labute approximate surface area is 127 Å². The lowest BCUT2D eigenvalue weighted by Gasteiger charge is -2.26. The van der Waals surface area contributed by atoms with E-state index in [0.717, 1.165) is 30.5 Å². The lowest BCUT2D eigenvalue weighted by Crippen LogP contribution is -2.32. The van der Waals surface area contributed by atoms with E-state index < -0.39 is 0 Å². The van der Waals surface area contributed by atoms with Gasteiger partial charge in [-0.2, -0.15) is 4.98 Å². The van der Waals surface area contributed by atoms with Crippen LogP contribution in [0.15, 0.2) is 4.52 Å². The molecule has 21 heavy (non-hydrogen) atoms. The molecular formula is C17H29N3O. The van der Waals surface area contributed by atoms with Crippen LogP contribution in [0.5, 0.6) is 0 Å². The van der Waals surface area contributed by atoms with E-state index in [1.165, 1.54) is 51.4 Å². The Hall–Kier alpha value is -0.900. The minimum Gasteiger partial charge on any atom is -0.339 e. The molecule has 2 saturated carbocycles. The zero-order valence-electron chi connectivity index (χ0n) is 13.3. The third kappa shape index (κ3) is 3.01. The molecule has 3 rings (SSSR count). The second-order valence-corrected chi connectivity index (χ2v) is 7.16. The molecule has 118 valence electrons. The highest BCUT2D eigenvalue weighted by Gasteiger charge is 2.40. The monoisotopic (exact) mass is 291 g/mol. The number of hydrogen-bond acceptors (Lipinski definition) is 4. The fourth-order valence-electron chi connectivity index (χ4n) is 4.29.